The summed E-state index contributed by atoms with van der Waals surface area (Å²) in [4.78, 5) is 15.0. The third-order valence-corrected chi connectivity index (χ3v) is 13.5. The molecule has 0 N–H and O–H groups in total. The summed E-state index contributed by atoms with van der Waals surface area (Å²) in [6.07, 6.45) is 0. The van der Waals surface area contributed by atoms with E-state index >= 15 is 0 Å². The number of furan rings is 2. The van der Waals surface area contributed by atoms with Crippen LogP contribution in [0.5, 0.6) is 0 Å². The molecule has 6 nitrogen and oxygen atoms in total. The molecule has 0 saturated heterocycles. The Labute approximate surface area is 396 Å². The van der Waals surface area contributed by atoms with Gasteiger partial charge in [-0.2, -0.15) is 0 Å². The second kappa shape index (κ2) is 15.6. The van der Waals surface area contributed by atoms with Gasteiger partial charge in [0, 0.05) is 54.6 Å². The Morgan fingerprint density at radius 1 is 0.290 bits per heavy atom. The van der Waals surface area contributed by atoms with Gasteiger partial charge < -0.3 is 13.4 Å². The summed E-state index contributed by atoms with van der Waals surface area (Å²) in [6.45, 7) is 0. The molecule has 0 unspecified atom stereocenters. The van der Waals surface area contributed by atoms with Crippen LogP contribution in [0.15, 0.2) is 239 Å². The van der Waals surface area contributed by atoms with Gasteiger partial charge in [0.1, 0.15) is 16.7 Å². The molecule has 0 bridgehead atoms. The molecule has 0 radical (unpaired) electrons. The highest BCUT2D eigenvalue weighted by atomic mass is 16.3. The fourth-order valence-electron chi connectivity index (χ4n) is 10.3. The summed E-state index contributed by atoms with van der Waals surface area (Å²) < 4.78 is 16.1. The van der Waals surface area contributed by atoms with Gasteiger partial charge in [-0.25, -0.2) is 15.0 Å². The Hall–Kier alpha value is -9.39. The van der Waals surface area contributed by atoms with Gasteiger partial charge in [0.2, 0.25) is 0 Å². The van der Waals surface area contributed by atoms with Crippen molar-refractivity contribution in [2.45, 2.75) is 0 Å². The summed E-state index contributed by atoms with van der Waals surface area (Å²) in [5.41, 5.74) is 15.8. The number of rotatable bonds is 7. The molecule has 4 aromatic heterocycles. The van der Waals surface area contributed by atoms with Crippen LogP contribution in [0, 0.1) is 0 Å². The van der Waals surface area contributed by atoms with Crippen LogP contribution >= 0.6 is 0 Å². The van der Waals surface area contributed by atoms with Crippen molar-refractivity contribution in [3.05, 3.63) is 231 Å². The maximum atomic E-state index is 6.90. The van der Waals surface area contributed by atoms with Crippen molar-refractivity contribution in [1.29, 1.82) is 0 Å². The Morgan fingerprint density at radius 2 is 0.855 bits per heavy atom. The first-order valence-corrected chi connectivity index (χ1v) is 23.2. The SMILES string of the molecule is c1ccc(-c2ccc3c(c2)c2ccccc2n3-c2c(-c3ccc4c(c3)oc3cccc(-c5cccc(-c6nc(-c7ccccc7)nc(-c7ccccc7)n6)c5)c34)ccc3c2oc2ccccc23)cc1. The smallest absolute Gasteiger partial charge is 0.164 e. The maximum Gasteiger partial charge on any atom is 0.164 e. The minimum Gasteiger partial charge on any atom is -0.456 e. The van der Waals surface area contributed by atoms with Crippen molar-refractivity contribution in [3.63, 3.8) is 0 Å². The number of hydrogen-bond acceptors (Lipinski definition) is 5. The van der Waals surface area contributed by atoms with E-state index in [1.54, 1.807) is 0 Å². The molecule has 69 heavy (non-hydrogen) atoms. The van der Waals surface area contributed by atoms with Crippen molar-refractivity contribution in [2.24, 2.45) is 0 Å². The van der Waals surface area contributed by atoms with Crippen LogP contribution in [-0.2, 0) is 0 Å². The summed E-state index contributed by atoms with van der Waals surface area (Å²) >= 11 is 0. The third-order valence-electron chi connectivity index (χ3n) is 13.5. The molecule has 14 aromatic rings. The number of hydrogen-bond donors (Lipinski definition) is 0. The van der Waals surface area contributed by atoms with E-state index in [2.05, 4.69) is 168 Å². The molecule has 322 valence electrons. The molecule has 0 aliphatic carbocycles. The maximum absolute atomic E-state index is 6.90. The molecular weight excluding hydrogens is 845 g/mol. The molecule has 0 fully saturated rings. The fourth-order valence-corrected chi connectivity index (χ4v) is 10.3. The molecule has 0 spiro atoms. The number of para-hydroxylation sites is 2. The lowest BCUT2D eigenvalue weighted by molar-refractivity contribution is 0.666. The molecule has 14 rings (SSSR count). The van der Waals surface area contributed by atoms with Gasteiger partial charge >= 0.3 is 0 Å². The number of aromatic nitrogens is 4. The van der Waals surface area contributed by atoms with Crippen molar-refractivity contribution >= 4 is 65.7 Å². The van der Waals surface area contributed by atoms with E-state index in [0.717, 1.165) is 99.5 Å². The van der Waals surface area contributed by atoms with Crippen LogP contribution in [0.2, 0.25) is 0 Å². The van der Waals surface area contributed by atoms with Crippen molar-refractivity contribution < 1.29 is 8.83 Å². The lowest BCUT2D eigenvalue weighted by Gasteiger charge is -2.15. The Bertz CT molecular complexity index is 4250. The lowest BCUT2D eigenvalue weighted by Crippen LogP contribution is -2.00. The molecule has 0 amide bonds. The number of nitrogens with zero attached hydrogens (tertiary/aromatic N) is 4. The molecule has 0 saturated carbocycles. The van der Waals surface area contributed by atoms with Crippen LogP contribution in [0.4, 0.5) is 0 Å². The standard InChI is InChI=1S/C63H38N4O2/c1-4-16-39(17-5-1)42-31-35-54-52(37-42)48-24-10-12-27-53(48)67(54)59-47(33-34-50-49-25-11-13-28-55(49)69-60(50)59)44-30-32-51-57(38-44)68-56-29-15-26-46(58(51)56)43-22-14-23-45(36-43)63-65-61(40-18-6-2-7-19-40)64-62(66-63)41-20-8-3-9-21-41/h1-38H. The lowest BCUT2D eigenvalue weighted by atomic mass is 9.96. The van der Waals surface area contributed by atoms with E-state index in [1.165, 1.54) is 21.9 Å². The Morgan fingerprint density at radius 3 is 1.62 bits per heavy atom. The second-order valence-corrected chi connectivity index (χ2v) is 17.5. The Balaban J connectivity index is 0.934. The molecule has 4 heterocycles. The highest BCUT2D eigenvalue weighted by Gasteiger charge is 2.24. The van der Waals surface area contributed by atoms with Gasteiger partial charge in [-0.3, -0.25) is 0 Å². The number of benzene rings is 10. The first-order chi connectivity index (χ1) is 34.2. The van der Waals surface area contributed by atoms with Crippen LogP contribution in [-0.4, -0.2) is 19.5 Å². The summed E-state index contributed by atoms with van der Waals surface area (Å²) in [7, 11) is 0. The van der Waals surface area contributed by atoms with Gasteiger partial charge in [0.25, 0.3) is 0 Å². The zero-order chi connectivity index (χ0) is 45.4. The summed E-state index contributed by atoms with van der Waals surface area (Å²) in [6, 6.07) is 80.4. The van der Waals surface area contributed by atoms with Crippen molar-refractivity contribution in [1.82, 2.24) is 19.5 Å². The first-order valence-electron chi connectivity index (χ1n) is 23.2. The quantitative estimate of drug-likeness (QED) is 0.159. The molecule has 0 aliphatic rings. The normalized spacial score (nSPS) is 11.8. The topological polar surface area (TPSA) is 69.9 Å². The van der Waals surface area contributed by atoms with Gasteiger partial charge in [0.15, 0.2) is 23.1 Å². The van der Waals surface area contributed by atoms with Crippen LogP contribution in [0.25, 0.3) is 139 Å². The minimum atomic E-state index is 0.607. The number of fused-ring (bicyclic) bond motifs is 9. The average Bonchev–Trinajstić information content (AvgIpc) is 4.10. The zero-order valence-electron chi connectivity index (χ0n) is 37.0. The molecular formula is C63H38N4O2. The van der Waals surface area contributed by atoms with Crippen molar-refractivity contribution in [2.75, 3.05) is 0 Å². The third kappa shape index (κ3) is 6.38. The van der Waals surface area contributed by atoms with Crippen molar-refractivity contribution in [3.8, 4) is 73.2 Å². The van der Waals surface area contributed by atoms with E-state index in [4.69, 9.17) is 23.8 Å². The second-order valence-electron chi connectivity index (χ2n) is 17.5. The van der Waals surface area contributed by atoms with Gasteiger partial charge in [-0.1, -0.05) is 176 Å². The van der Waals surface area contributed by atoms with Gasteiger partial charge in [-0.05, 0) is 82.4 Å². The van der Waals surface area contributed by atoms with Crippen LogP contribution < -0.4 is 0 Å². The van der Waals surface area contributed by atoms with E-state index in [1.807, 2.05) is 66.7 Å². The molecule has 0 aliphatic heterocycles. The van der Waals surface area contributed by atoms with E-state index in [-0.39, 0.29) is 0 Å². The highest BCUT2D eigenvalue weighted by molar-refractivity contribution is 6.17. The zero-order valence-corrected chi connectivity index (χ0v) is 37.0. The van der Waals surface area contributed by atoms with E-state index in [9.17, 15) is 0 Å². The fraction of sp³-hybridized carbons (Fsp3) is 0. The largest absolute Gasteiger partial charge is 0.456 e. The predicted octanol–water partition coefficient (Wildman–Crippen LogP) is 16.8. The summed E-state index contributed by atoms with van der Waals surface area (Å²) in [5.74, 6) is 1.86. The Kier molecular flexibility index (Phi) is 8.79. The predicted molar refractivity (Wildman–Crippen MR) is 281 cm³/mol. The van der Waals surface area contributed by atoms with E-state index < -0.39 is 0 Å². The monoisotopic (exact) mass is 882 g/mol. The van der Waals surface area contributed by atoms with Crippen LogP contribution in [0.1, 0.15) is 0 Å². The first kappa shape index (κ1) is 38.8. The van der Waals surface area contributed by atoms with Gasteiger partial charge in [-0.15, -0.1) is 0 Å². The average molecular weight is 883 g/mol. The van der Waals surface area contributed by atoms with E-state index in [0.29, 0.717) is 17.5 Å². The minimum absolute atomic E-state index is 0.607. The van der Waals surface area contributed by atoms with Gasteiger partial charge in [0.05, 0.1) is 16.7 Å². The highest BCUT2D eigenvalue weighted by Crippen LogP contribution is 2.45. The summed E-state index contributed by atoms with van der Waals surface area (Å²) in [5, 5.41) is 6.59. The molecule has 10 aromatic carbocycles. The van der Waals surface area contributed by atoms with Crippen LogP contribution in [0.3, 0.4) is 0 Å². The molecule has 6 heteroatoms. The molecule has 0 atom stereocenters.